The third-order valence-electron chi connectivity index (χ3n) is 3.83. The van der Waals surface area contributed by atoms with Crippen molar-refractivity contribution >= 4 is 17.6 Å². The summed E-state index contributed by atoms with van der Waals surface area (Å²) in [4.78, 5) is 23.9. The first kappa shape index (κ1) is 16.6. The molecule has 0 aliphatic heterocycles. The van der Waals surface area contributed by atoms with Crippen molar-refractivity contribution in [2.24, 2.45) is 0 Å². The van der Waals surface area contributed by atoms with E-state index in [0.29, 0.717) is 17.0 Å². The molecule has 0 fully saturated rings. The van der Waals surface area contributed by atoms with Crippen molar-refractivity contribution in [2.75, 3.05) is 12.4 Å². The Kier molecular flexibility index (Phi) is 4.99. The van der Waals surface area contributed by atoms with Gasteiger partial charge in [-0.05, 0) is 48.5 Å². The number of carbonyl (C=O) groups excluding carboxylic acids is 2. The van der Waals surface area contributed by atoms with E-state index in [1.807, 2.05) is 35.2 Å². The van der Waals surface area contributed by atoms with Gasteiger partial charge in [0.25, 0.3) is 0 Å². The zero-order chi connectivity index (χ0) is 17.6. The van der Waals surface area contributed by atoms with E-state index >= 15 is 0 Å². The van der Waals surface area contributed by atoms with E-state index in [2.05, 4.69) is 10.1 Å². The van der Waals surface area contributed by atoms with Crippen LogP contribution in [0.5, 0.6) is 0 Å². The third-order valence-corrected chi connectivity index (χ3v) is 3.83. The van der Waals surface area contributed by atoms with Gasteiger partial charge < -0.3 is 19.0 Å². The van der Waals surface area contributed by atoms with Crippen LogP contribution in [0.3, 0.4) is 0 Å². The predicted molar refractivity (Wildman–Crippen MR) is 92.3 cm³/mol. The maximum absolute atomic E-state index is 12.4. The van der Waals surface area contributed by atoms with E-state index in [4.69, 9.17) is 4.42 Å². The quantitative estimate of drug-likeness (QED) is 0.698. The van der Waals surface area contributed by atoms with E-state index in [1.165, 1.54) is 7.11 Å². The molecule has 0 aliphatic carbocycles. The van der Waals surface area contributed by atoms with Crippen LogP contribution in [0, 0.1) is 0 Å². The zero-order valence-electron chi connectivity index (χ0n) is 13.7. The molecule has 1 amide bonds. The fraction of sp³-hybridized carbons (Fsp3) is 0.158. The Morgan fingerprint density at radius 1 is 1.12 bits per heavy atom. The second kappa shape index (κ2) is 7.53. The molecule has 3 rings (SSSR count). The fourth-order valence-electron chi connectivity index (χ4n) is 2.58. The first-order chi connectivity index (χ1) is 12.2. The summed E-state index contributed by atoms with van der Waals surface area (Å²) in [5.74, 6) is 0.150. The van der Waals surface area contributed by atoms with Crippen LogP contribution in [-0.4, -0.2) is 23.6 Å². The Balaban J connectivity index is 1.69. The van der Waals surface area contributed by atoms with Crippen LogP contribution in [0.25, 0.3) is 0 Å². The first-order valence-corrected chi connectivity index (χ1v) is 7.81. The summed E-state index contributed by atoms with van der Waals surface area (Å²) in [6.07, 6.45) is 5.60. The molecule has 25 heavy (non-hydrogen) atoms. The molecule has 0 saturated carbocycles. The molecule has 1 N–H and O–H groups in total. The van der Waals surface area contributed by atoms with Crippen LogP contribution in [-0.2, 0) is 9.53 Å². The van der Waals surface area contributed by atoms with Gasteiger partial charge in [0.15, 0.2) is 0 Å². The second-order valence-electron chi connectivity index (χ2n) is 5.48. The molecule has 0 bridgehead atoms. The van der Waals surface area contributed by atoms with E-state index in [1.54, 1.807) is 36.6 Å². The minimum absolute atomic E-state index is 0.152. The maximum Gasteiger partial charge on any atom is 0.337 e. The van der Waals surface area contributed by atoms with Crippen LogP contribution >= 0.6 is 0 Å². The lowest BCUT2D eigenvalue weighted by Crippen LogP contribution is -2.19. The average Bonchev–Trinajstić information content (AvgIpc) is 3.33. The van der Waals surface area contributed by atoms with Crippen LogP contribution in [0.2, 0.25) is 0 Å². The van der Waals surface area contributed by atoms with Gasteiger partial charge in [0.2, 0.25) is 5.91 Å². The van der Waals surface area contributed by atoms with Crippen molar-refractivity contribution in [2.45, 2.75) is 12.5 Å². The number of esters is 1. The largest absolute Gasteiger partial charge is 0.467 e. The summed E-state index contributed by atoms with van der Waals surface area (Å²) in [5, 5.41) is 2.83. The monoisotopic (exact) mass is 338 g/mol. The van der Waals surface area contributed by atoms with E-state index in [-0.39, 0.29) is 18.4 Å². The number of nitrogens with one attached hydrogen (secondary N) is 1. The lowest BCUT2D eigenvalue weighted by atomic mass is 10.1. The summed E-state index contributed by atoms with van der Waals surface area (Å²) in [6, 6.07) is 13.8. The summed E-state index contributed by atoms with van der Waals surface area (Å²) in [7, 11) is 1.33. The maximum atomic E-state index is 12.4. The highest BCUT2D eigenvalue weighted by atomic mass is 16.5. The molecule has 1 unspecified atom stereocenters. The lowest BCUT2D eigenvalue weighted by Gasteiger charge is -2.16. The van der Waals surface area contributed by atoms with Gasteiger partial charge >= 0.3 is 5.97 Å². The van der Waals surface area contributed by atoms with Crippen molar-refractivity contribution < 1.29 is 18.7 Å². The van der Waals surface area contributed by atoms with Crippen molar-refractivity contribution in [3.63, 3.8) is 0 Å². The number of nitrogens with zero attached hydrogens (tertiary/aromatic N) is 1. The summed E-state index contributed by atoms with van der Waals surface area (Å²) < 4.78 is 12.1. The second-order valence-corrected chi connectivity index (χ2v) is 5.48. The highest BCUT2D eigenvalue weighted by Crippen LogP contribution is 2.23. The number of carbonyl (C=O) groups is 2. The average molecular weight is 338 g/mol. The van der Waals surface area contributed by atoms with Gasteiger partial charge in [0.1, 0.15) is 5.76 Å². The molecule has 2 aromatic heterocycles. The third kappa shape index (κ3) is 3.98. The smallest absolute Gasteiger partial charge is 0.337 e. The summed E-state index contributed by atoms with van der Waals surface area (Å²) in [6.45, 7) is 0. The fourth-order valence-corrected chi connectivity index (χ4v) is 2.58. The van der Waals surface area contributed by atoms with Gasteiger partial charge in [-0.2, -0.15) is 0 Å². The first-order valence-electron chi connectivity index (χ1n) is 7.81. The van der Waals surface area contributed by atoms with E-state index < -0.39 is 5.97 Å². The Morgan fingerprint density at radius 2 is 1.84 bits per heavy atom. The Labute approximate surface area is 145 Å². The van der Waals surface area contributed by atoms with Crippen LogP contribution in [0.4, 0.5) is 5.69 Å². The molecular formula is C19H18N2O4. The molecule has 128 valence electrons. The highest BCUT2D eigenvalue weighted by molar-refractivity contribution is 5.93. The molecule has 1 atom stereocenters. The van der Waals surface area contributed by atoms with Crippen molar-refractivity contribution in [3.8, 4) is 0 Å². The molecule has 6 nitrogen and oxygen atoms in total. The van der Waals surface area contributed by atoms with Crippen LogP contribution in [0.15, 0.2) is 71.6 Å². The highest BCUT2D eigenvalue weighted by Gasteiger charge is 2.20. The van der Waals surface area contributed by atoms with Crippen molar-refractivity contribution in [1.29, 1.82) is 0 Å². The Bertz CT molecular complexity index is 787. The molecule has 2 heterocycles. The van der Waals surface area contributed by atoms with Gasteiger partial charge in [0, 0.05) is 18.1 Å². The lowest BCUT2D eigenvalue weighted by molar-refractivity contribution is -0.116. The molecule has 0 spiro atoms. The van der Waals surface area contributed by atoms with Gasteiger partial charge in [0.05, 0.1) is 31.4 Å². The minimum Gasteiger partial charge on any atom is -0.467 e. The topological polar surface area (TPSA) is 73.5 Å². The molecular weight excluding hydrogens is 320 g/mol. The number of ether oxygens (including phenoxy) is 1. The number of hydrogen-bond acceptors (Lipinski definition) is 4. The van der Waals surface area contributed by atoms with Gasteiger partial charge in [-0.25, -0.2) is 4.79 Å². The number of rotatable bonds is 6. The molecule has 6 heteroatoms. The number of amides is 1. The van der Waals surface area contributed by atoms with Crippen LogP contribution in [0.1, 0.15) is 28.6 Å². The number of aromatic nitrogens is 1. The molecule has 0 saturated heterocycles. The van der Waals surface area contributed by atoms with Gasteiger partial charge in [-0.15, -0.1) is 0 Å². The van der Waals surface area contributed by atoms with Gasteiger partial charge in [-0.1, -0.05) is 0 Å². The molecule has 1 aromatic carbocycles. The number of furan rings is 1. The Morgan fingerprint density at radius 3 is 2.44 bits per heavy atom. The van der Waals surface area contributed by atoms with E-state index in [9.17, 15) is 9.59 Å². The molecule has 0 aliphatic rings. The normalized spacial score (nSPS) is 11.7. The number of hydrogen-bond donors (Lipinski definition) is 1. The van der Waals surface area contributed by atoms with E-state index in [0.717, 1.165) is 0 Å². The zero-order valence-corrected chi connectivity index (χ0v) is 13.7. The predicted octanol–water partition coefficient (Wildman–Crippen LogP) is 3.49. The SMILES string of the molecule is COC(=O)c1ccc(NC(=O)CC(c2ccco2)n2cccc2)cc1. The number of benzene rings is 1. The number of anilines is 1. The van der Waals surface area contributed by atoms with Crippen molar-refractivity contribution in [3.05, 3.63) is 78.5 Å². The van der Waals surface area contributed by atoms with Gasteiger partial charge in [-0.3, -0.25) is 4.79 Å². The molecule has 0 radical (unpaired) electrons. The standard InChI is InChI=1S/C19H18N2O4/c1-24-19(23)14-6-8-15(9-7-14)20-18(22)13-16(17-5-4-12-25-17)21-10-2-3-11-21/h2-12,16H,13H2,1H3,(H,20,22). The Hall–Kier alpha value is -3.28. The van der Waals surface area contributed by atoms with Crippen LogP contribution < -0.4 is 5.32 Å². The van der Waals surface area contributed by atoms with Crippen molar-refractivity contribution in [1.82, 2.24) is 4.57 Å². The minimum atomic E-state index is -0.414. The molecule has 3 aromatic rings. The summed E-state index contributed by atoms with van der Waals surface area (Å²) in [5.41, 5.74) is 1.05. The number of methoxy groups -OCH3 is 1. The summed E-state index contributed by atoms with van der Waals surface area (Å²) >= 11 is 0.